The number of rotatable bonds is 8. The predicted octanol–water partition coefficient (Wildman–Crippen LogP) is 4.24. The molecule has 254 valence electrons. The smallest absolute Gasteiger partial charge is 0.318 e. The first kappa shape index (κ1) is 32.1. The Kier molecular flexibility index (Phi) is 7.50. The summed E-state index contributed by atoms with van der Waals surface area (Å²) in [7, 11) is 0. The summed E-state index contributed by atoms with van der Waals surface area (Å²) in [5.74, 6) is -5.14. The monoisotopic (exact) mass is 642 g/mol. The third kappa shape index (κ3) is 4.93. The molecule has 0 aromatic heterocycles. The maximum Gasteiger partial charge on any atom is 0.318 e. The van der Waals surface area contributed by atoms with Crippen LogP contribution in [-0.2, 0) is 42.9 Å². The van der Waals surface area contributed by atoms with Crippen molar-refractivity contribution in [3.63, 3.8) is 0 Å². The van der Waals surface area contributed by atoms with E-state index in [4.69, 9.17) is 18.9 Å². The van der Waals surface area contributed by atoms with E-state index in [1.54, 1.807) is 13.8 Å². The molecule has 0 spiro atoms. The lowest BCUT2D eigenvalue weighted by Gasteiger charge is -2.59. The minimum atomic E-state index is -1.55. The second-order valence-electron chi connectivity index (χ2n) is 17.4. The number of esters is 5. The van der Waals surface area contributed by atoms with Gasteiger partial charge in [0.25, 0.3) is 0 Å². The zero-order chi connectivity index (χ0) is 33.1. The van der Waals surface area contributed by atoms with Crippen molar-refractivity contribution >= 4 is 29.8 Å². The SMILES string of the molecule is CC1C2CC(CC2C(C)(C)O)C1C1C(=O)OC(=O)C1C(C(=O)OC1COC(=O)C1)C(C)(C)C(=O)OC1(C)C2CC3CC(C2)CC1C3. The highest BCUT2D eigenvalue weighted by Crippen LogP contribution is 2.63. The first-order valence-corrected chi connectivity index (χ1v) is 17.6. The Labute approximate surface area is 271 Å². The number of hydrogen-bond acceptors (Lipinski definition) is 10. The first-order valence-electron chi connectivity index (χ1n) is 17.6. The van der Waals surface area contributed by atoms with Gasteiger partial charge in [0.2, 0.25) is 0 Å². The van der Waals surface area contributed by atoms with Gasteiger partial charge in [-0.2, -0.15) is 0 Å². The molecule has 2 aliphatic heterocycles. The van der Waals surface area contributed by atoms with Crippen molar-refractivity contribution in [2.24, 2.45) is 76.4 Å². The Balaban J connectivity index is 1.21. The van der Waals surface area contributed by atoms with E-state index in [2.05, 4.69) is 6.92 Å². The molecule has 10 heteroatoms. The van der Waals surface area contributed by atoms with Gasteiger partial charge in [-0.3, -0.25) is 24.0 Å². The zero-order valence-electron chi connectivity index (χ0n) is 28.0. The number of fused-ring (bicyclic) bond motifs is 2. The molecule has 8 aliphatic rings. The molecule has 9 atom stereocenters. The van der Waals surface area contributed by atoms with E-state index in [1.165, 1.54) is 6.42 Å². The minimum absolute atomic E-state index is 0.0133. The molecule has 6 bridgehead atoms. The summed E-state index contributed by atoms with van der Waals surface area (Å²) in [4.78, 5) is 67.9. The molecule has 2 saturated heterocycles. The van der Waals surface area contributed by atoms with E-state index in [1.807, 2.05) is 20.8 Å². The molecule has 46 heavy (non-hydrogen) atoms. The van der Waals surface area contributed by atoms with Crippen LogP contribution >= 0.6 is 0 Å². The molecule has 10 nitrogen and oxygen atoms in total. The molecule has 0 aromatic carbocycles. The molecule has 6 aliphatic carbocycles. The van der Waals surface area contributed by atoms with Gasteiger partial charge in [0, 0.05) is 0 Å². The molecule has 1 N–H and O–H groups in total. The largest absolute Gasteiger partial charge is 0.462 e. The quantitative estimate of drug-likeness (QED) is 0.232. The van der Waals surface area contributed by atoms with Gasteiger partial charge in [-0.1, -0.05) is 6.92 Å². The molecule has 8 rings (SSSR count). The van der Waals surface area contributed by atoms with Crippen LogP contribution in [0.4, 0.5) is 0 Å². The van der Waals surface area contributed by atoms with E-state index in [9.17, 15) is 29.1 Å². The second kappa shape index (κ2) is 10.8. The molecule has 0 amide bonds. The van der Waals surface area contributed by atoms with E-state index in [0.29, 0.717) is 18.3 Å². The third-order valence-corrected chi connectivity index (χ3v) is 14.0. The first-order chi connectivity index (χ1) is 21.5. The molecule has 8 fully saturated rings. The third-order valence-electron chi connectivity index (χ3n) is 14.0. The minimum Gasteiger partial charge on any atom is -0.462 e. The summed E-state index contributed by atoms with van der Waals surface area (Å²) < 4.78 is 22.7. The summed E-state index contributed by atoms with van der Waals surface area (Å²) in [6, 6.07) is 0. The Morgan fingerprint density at radius 1 is 0.935 bits per heavy atom. The molecule has 6 saturated carbocycles. The van der Waals surface area contributed by atoms with E-state index >= 15 is 0 Å². The topological polar surface area (TPSA) is 142 Å². The number of aliphatic hydroxyl groups is 1. The Morgan fingerprint density at radius 2 is 1.57 bits per heavy atom. The summed E-state index contributed by atoms with van der Waals surface area (Å²) in [6.45, 7) is 10.8. The Morgan fingerprint density at radius 3 is 2.11 bits per heavy atom. The lowest BCUT2D eigenvalue weighted by Crippen LogP contribution is -2.59. The van der Waals surface area contributed by atoms with Gasteiger partial charge in [0.15, 0.2) is 0 Å². The molecule has 2 heterocycles. The maximum absolute atomic E-state index is 14.4. The second-order valence-corrected chi connectivity index (χ2v) is 17.4. The fourth-order valence-corrected chi connectivity index (χ4v) is 11.9. The van der Waals surface area contributed by atoms with Crippen molar-refractivity contribution in [1.29, 1.82) is 0 Å². The van der Waals surface area contributed by atoms with Gasteiger partial charge in [-0.05, 0) is 133 Å². The normalized spacial score (nSPS) is 45.2. The predicted molar refractivity (Wildman–Crippen MR) is 161 cm³/mol. The van der Waals surface area contributed by atoms with Crippen molar-refractivity contribution in [2.75, 3.05) is 6.61 Å². The van der Waals surface area contributed by atoms with E-state index in [-0.39, 0.29) is 54.5 Å². The molecular weight excluding hydrogens is 592 g/mol. The molecular formula is C36H50O10. The van der Waals surface area contributed by atoms with Crippen LogP contribution in [-0.4, -0.2) is 58.9 Å². The summed E-state index contributed by atoms with van der Waals surface area (Å²) in [6.07, 6.45) is 5.91. The van der Waals surface area contributed by atoms with Crippen LogP contribution in [0, 0.1) is 76.4 Å². The maximum atomic E-state index is 14.4. The van der Waals surface area contributed by atoms with Crippen LogP contribution < -0.4 is 0 Å². The van der Waals surface area contributed by atoms with Crippen LogP contribution in [0.15, 0.2) is 0 Å². The van der Waals surface area contributed by atoms with Crippen molar-refractivity contribution in [1.82, 2.24) is 0 Å². The van der Waals surface area contributed by atoms with Crippen LogP contribution in [0.5, 0.6) is 0 Å². The van der Waals surface area contributed by atoms with Gasteiger partial charge in [0.05, 0.1) is 35.2 Å². The van der Waals surface area contributed by atoms with Crippen molar-refractivity contribution in [3.05, 3.63) is 0 Å². The highest BCUT2D eigenvalue weighted by atomic mass is 16.6. The lowest BCUT2D eigenvalue weighted by molar-refractivity contribution is -0.216. The molecule has 0 radical (unpaired) electrons. The average Bonchev–Trinajstić information content (AvgIpc) is 3.71. The van der Waals surface area contributed by atoms with Crippen molar-refractivity contribution < 1.29 is 48.0 Å². The summed E-state index contributed by atoms with van der Waals surface area (Å²) in [5, 5.41) is 10.9. The zero-order valence-corrected chi connectivity index (χ0v) is 28.0. The molecule has 9 unspecified atom stereocenters. The van der Waals surface area contributed by atoms with Crippen LogP contribution in [0.3, 0.4) is 0 Å². The van der Waals surface area contributed by atoms with Crippen molar-refractivity contribution in [2.45, 2.75) is 110 Å². The number of hydrogen-bond donors (Lipinski definition) is 1. The fourth-order valence-electron chi connectivity index (χ4n) is 11.9. The fraction of sp³-hybridized carbons (Fsp3) is 0.861. The van der Waals surface area contributed by atoms with Crippen LogP contribution in [0.25, 0.3) is 0 Å². The molecule has 0 aromatic rings. The van der Waals surface area contributed by atoms with Gasteiger partial charge in [-0.15, -0.1) is 0 Å². The standard InChI is InChI=1S/C36H50O10/c1-16-23-12-19(13-24(23)35(4,5)42)26(16)27-28(31(39)45-30(27)38)29(32(40)44-22-14-25(37)43-15-22)34(2,3)33(41)46-36(6)20-8-17-7-18(10-20)11-21(36)9-17/h16-24,26-29,42H,7-15H2,1-6H3. The van der Waals surface area contributed by atoms with E-state index in [0.717, 1.165) is 32.1 Å². The van der Waals surface area contributed by atoms with Crippen molar-refractivity contribution in [3.8, 4) is 0 Å². The highest BCUT2D eigenvalue weighted by Gasteiger charge is 2.66. The van der Waals surface area contributed by atoms with Gasteiger partial charge in [0.1, 0.15) is 18.3 Å². The number of carbonyl (C=O) groups excluding carboxylic acids is 5. The van der Waals surface area contributed by atoms with Gasteiger partial charge in [-0.25, -0.2) is 0 Å². The number of cyclic esters (lactones) is 3. The number of carbonyl (C=O) groups is 5. The van der Waals surface area contributed by atoms with E-state index < -0.39 is 70.3 Å². The average molecular weight is 643 g/mol. The van der Waals surface area contributed by atoms with Crippen LogP contribution in [0.2, 0.25) is 0 Å². The van der Waals surface area contributed by atoms with Crippen LogP contribution in [0.1, 0.15) is 92.9 Å². The number of ether oxygens (including phenoxy) is 4. The lowest BCUT2D eigenvalue weighted by atomic mass is 9.50. The Hall–Kier alpha value is -2.49. The summed E-state index contributed by atoms with van der Waals surface area (Å²) >= 11 is 0. The summed E-state index contributed by atoms with van der Waals surface area (Å²) in [5.41, 5.74) is -3.10. The highest BCUT2D eigenvalue weighted by molar-refractivity contribution is 6.00. The van der Waals surface area contributed by atoms with Gasteiger partial charge < -0.3 is 24.1 Å². The Bertz CT molecular complexity index is 1300. The van der Waals surface area contributed by atoms with Gasteiger partial charge >= 0.3 is 29.8 Å².